The van der Waals surface area contributed by atoms with Gasteiger partial charge in [-0.3, -0.25) is 9.69 Å². The van der Waals surface area contributed by atoms with Crippen LogP contribution in [0.5, 0.6) is 0 Å². The van der Waals surface area contributed by atoms with Gasteiger partial charge in [0.2, 0.25) is 0 Å². The fourth-order valence-corrected chi connectivity index (χ4v) is 2.00. The molecular formula is C11H23N3O2. The van der Waals surface area contributed by atoms with Crippen molar-refractivity contribution in [3.05, 3.63) is 0 Å². The zero-order chi connectivity index (χ0) is 12.0. The summed E-state index contributed by atoms with van der Waals surface area (Å²) < 4.78 is 0. The molecule has 94 valence electrons. The van der Waals surface area contributed by atoms with Crippen molar-refractivity contribution in [1.82, 2.24) is 15.1 Å². The number of nitrogens with zero attached hydrogens (tertiary/aromatic N) is 2. The Kier molecular flexibility index (Phi) is 5.73. The molecule has 0 aromatic heterocycles. The molecule has 16 heavy (non-hydrogen) atoms. The van der Waals surface area contributed by atoms with Crippen LogP contribution >= 0.6 is 0 Å². The van der Waals surface area contributed by atoms with E-state index >= 15 is 0 Å². The second kappa shape index (κ2) is 6.83. The van der Waals surface area contributed by atoms with Gasteiger partial charge in [0.05, 0.1) is 0 Å². The fourth-order valence-electron chi connectivity index (χ4n) is 2.00. The van der Waals surface area contributed by atoms with Crippen LogP contribution in [0.1, 0.15) is 12.8 Å². The molecule has 2 rings (SSSR count). The summed E-state index contributed by atoms with van der Waals surface area (Å²) >= 11 is 0. The first-order valence-electron chi connectivity index (χ1n) is 5.93. The van der Waals surface area contributed by atoms with Crippen LogP contribution in [0.25, 0.3) is 0 Å². The lowest BCUT2D eigenvalue weighted by Gasteiger charge is -2.21. The molecule has 0 aromatic carbocycles. The van der Waals surface area contributed by atoms with Crippen LogP contribution in [0, 0.1) is 0 Å². The number of rotatable bonds is 1. The van der Waals surface area contributed by atoms with Crippen molar-refractivity contribution in [2.24, 2.45) is 0 Å². The number of piperazine rings is 1. The highest BCUT2D eigenvalue weighted by Gasteiger charge is 2.26. The summed E-state index contributed by atoms with van der Waals surface area (Å²) in [6.07, 6.45) is 1.83. The third kappa shape index (κ3) is 4.47. The van der Waals surface area contributed by atoms with Gasteiger partial charge < -0.3 is 15.3 Å². The number of carboxylic acids is 1. The van der Waals surface area contributed by atoms with Gasteiger partial charge in [-0.25, -0.2) is 0 Å². The van der Waals surface area contributed by atoms with Gasteiger partial charge in [-0.1, -0.05) is 0 Å². The van der Waals surface area contributed by atoms with Gasteiger partial charge in [-0.15, -0.1) is 0 Å². The van der Waals surface area contributed by atoms with Crippen molar-refractivity contribution in [3.63, 3.8) is 0 Å². The van der Waals surface area contributed by atoms with E-state index in [9.17, 15) is 4.79 Å². The monoisotopic (exact) mass is 229 g/mol. The third-order valence-corrected chi connectivity index (χ3v) is 3.15. The number of hydrogen-bond acceptors (Lipinski definition) is 4. The molecule has 0 radical (unpaired) electrons. The number of likely N-dealkylation sites (tertiary alicyclic amines) is 1. The van der Waals surface area contributed by atoms with E-state index in [4.69, 9.17) is 5.11 Å². The molecule has 0 unspecified atom stereocenters. The highest BCUT2D eigenvalue weighted by molar-refractivity contribution is 5.73. The van der Waals surface area contributed by atoms with E-state index in [1.54, 1.807) is 0 Å². The van der Waals surface area contributed by atoms with E-state index in [1.165, 1.54) is 13.1 Å². The Labute approximate surface area is 97.4 Å². The average Bonchev–Trinajstić information content (AvgIpc) is 2.66. The normalized spacial score (nSPS) is 27.2. The van der Waals surface area contributed by atoms with Crippen molar-refractivity contribution in [1.29, 1.82) is 0 Å². The maximum atomic E-state index is 10.4. The zero-order valence-corrected chi connectivity index (χ0v) is 10.3. The highest BCUT2D eigenvalue weighted by Crippen LogP contribution is 2.13. The largest absolute Gasteiger partial charge is 0.480 e. The van der Waals surface area contributed by atoms with E-state index in [2.05, 4.69) is 17.3 Å². The SMILES string of the molecule is CN1CCC[C@H]1C(=O)O.CN1CCNCC1. The van der Waals surface area contributed by atoms with Gasteiger partial charge in [-0.2, -0.15) is 0 Å². The number of aliphatic carboxylic acids is 1. The van der Waals surface area contributed by atoms with E-state index < -0.39 is 5.97 Å². The fraction of sp³-hybridized carbons (Fsp3) is 0.909. The van der Waals surface area contributed by atoms with Crippen LogP contribution < -0.4 is 5.32 Å². The molecule has 0 aliphatic carbocycles. The maximum absolute atomic E-state index is 10.4. The second-order valence-electron chi connectivity index (χ2n) is 4.53. The van der Waals surface area contributed by atoms with Crippen molar-refractivity contribution in [2.75, 3.05) is 46.8 Å². The molecule has 2 aliphatic heterocycles. The molecule has 5 heteroatoms. The minimum absolute atomic E-state index is 0.218. The van der Waals surface area contributed by atoms with Crippen LogP contribution in [0.3, 0.4) is 0 Å². The van der Waals surface area contributed by atoms with Crippen LogP contribution in [-0.4, -0.2) is 73.7 Å². The Morgan fingerprint density at radius 3 is 2.12 bits per heavy atom. The van der Waals surface area contributed by atoms with Gasteiger partial charge in [0.1, 0.15) is 6.04 Å². The number of carbonyl (C=O) groups is 1. The molecular weight excluding hydrogens is 206 g/mol. The van der Waals surface area contributed by atoms with Gasteiger partial charge in [-0.05, 0) is 33.5 Å². The Morgan fingerprint density at radius 1 is 1.25 bits per heavy atom. The first kappa shape index (κ1) is 13.4. The first-order valence-corrected chi connectivity index (χ1v) is 5.93. The number of likely N-dealkylation sites (N-methyl/N-ethyl adjacent to an activating group) is 2. The predicted molar refractivity (Wildman–Crippen MR) is 63.7 cm³/mol. The molecule has 0 amide bonds. The average molecular weight is 229 g/mol. The van der Waals surface area contributed by atoms with Gasteiger partial charge in [0.25, 0.3) is 0 Å². The Hall–Kier alpha value is -0.650. The van der Waals surface area contributed by atoms with E-state index in [0.717, 1.165) is 32.5 Å². The van der Waals surface area contributed by atoms with Gasteiger partial charge in [0.15, 0.2) is 0 Å². The summed E-state index contributed by atoms with van der Waals surface area (Å²) in [7, 11) is 4.01. The summed E-state index contributed by atoms with van der Waals surface area (Å²) in [4.78, 5) is 14.6. The Balaban J connectivity index is 0.000000165. The molecule has 0 spiro atoms. The van der Waals surface area contributed by atoms with Gasteiger partial charge >= 0.3 is 5.97 Å². The van der Waals surface area contributed by atoms with Crippen LogP contribution in [0.4, 0.5) is 0 Å². The molecule has 1 atom stereocenters. The quantitative estimate of drug-likeness (QED) is 0.646. The van der Waals surface area contributed by atoms with Gasteiger partial charge in [0, 0.05) is 26.2 Å². The Bertz CT molecular complexity index is 217. The molecule has 0 aromatic rings. The summed E-state index contributed by atoms with van der Waals surface area (Å²) in [5.41, 5.74) is 0. The van der Waals surface area contributed by atoms with Crippen molar-refractivity contribution < 1.29 is 9.90 Å². The molecule has 5 nitrogen and oxygen atoms in total. The van der Waals surface area contributed by atoms with Crippen molar-refractivity contribution in [2.45, 2.75) is 18.9 Å². The summed E-state index contributed by atoms with van der Waals surface area (Å²) in [5, 5.41) is 11.8. The molecule has 2 fully saturated rings. The number of nitrogens with one attached hydrogen (secondary N) is 1. The van der Waals surface area contributed by atoms with Crippen molar-refractivity contribution in [3.8, 4) is 0 Å². The highest BCUT2D eigenvalue weighted by atomic mass is 16.4. The number of hydrogen-bond donors (Lipinski definition) is 2. The minimum Gasteiger partial charge on any atom is -0.480 e. The molecule has 0 bridgehead atoms. The molecule has 2 N–H and O–H groups in total. The van der Waals surface area contributed by atoms with Crippen molar-refractivity contribution >= 4 is 5.97 Å². The molecule has 2 heterocycles. The Morgan fingerprint density at radius 2 is 1.88 bits per heavy atom. The lowest BCUT2D eigenvalue weighted by molar-refractivity contribution is -0.141. The maximum Gasteiger partial charge on any atom is 0.320 e. The second-order valence-corrected chi connectivity index (χ2v) is 4.53. The number of carboxylic acid groups (broad SMARTS) is 1. The lowest BCUT2D eigenvalue weighted by atomic mass is 10.2. The molecule has 2 saturated heterocycles. The predicted octanol–water partition coefficient (Wildman–Crippen LogP) is -0.313. The van der Waals surface area contributed by atoms with E-state index in [1.807, 2.05) is 11.9 Å². The minimum atomic E-state index is -0.685. The summed E-state index contributed by atoms with van der Waals surface area (Å²) in [6.45, 7) is 5.67. The topological polar surface area (TPSA) is 55.8 Å². The third-order valence-electron chi connectivity index (χ3n) is 3.15. The summed E-state index contributed by atoms with van der Waals surface area (Å²) in [6, 6.07) is -0.218. The molecule has 2 aliphatic rings. The summed E-state index contributed by atoms with van der Waals surface area (Å²) in [5.74, 6) is -0.685. The van der Waals surface area contributed by atoms with Crippen LogP contribution in [0.2, 0.25) is 0 Å². The van der Waals surface area contributed by atoms with E-state index in [0.29, 0.717) is 0 Å². The van der Waals surface area contributed by atoms with Crippen LogP contribution in [-0.2, 0) is 4.79 Å². The zero-order valence-electron chi connectivity index (χ0n) is 10.3. The lowest BCUT2D eigenvalue weighted by Crippen LogP contribution is -2.40. The smallest absolute Gasteiger partial charge is 0.320 e. The molecule has 0 saturated carbocycles. The first-order chi connectivity index (χ1) is 7.61. The van der Waals surface area contributed by atoms with Crippen LogP contribution in [0.15, 0.2) is 0 Å². The van der Waals surface area contributed by atoms with E-state index in [-0.39, 0.29) is 6.04 Å². The standard InChI is InChI=1S/C6H11NO2.C5H12N2/c1-7-4-2-3-5(7)6(8)9;1-7-4-2-6-3-5-7/h5H,2-4H2,1H3,(H,8,9);6H,2-5H2,1H3/t5-;/m0./s1.